The maximum absolute atomic E-state index is 11.9. The first-order valence-corrected chi connectivity index (χ1v) is 5.77. The molecule has 0 spiro atoms. The Kier molecular flexibility index (Phi) is 4.74. The summed E-state index contributed by atoms with van der Waals surface area (Å²) in [5.74, 6) is -1.82. The molecule has 19 heavy (non-hydrogen) atoms. The third-order valence-electron chi connectivity index (χ3n) is 2.66. The molecule has 0 heterocycles. The second-order valence-electron chi connectivity index (χ2n) is 4.42. The third kappa shape index (κ3) is 3.61. The number of carboxylic acids is 1. The number of aliphatic carboxylic acids is 1. The molecule has 6 heteroatoms. The van der Waals surface area contributed by atoms with E-state index < -0.39 is 17.9 Å². The number of benzene rings is 1. The van der Waals surface area contributed by atoms with E-state index in [9.17, 15) is 14.7 Å². The van der Waals surface area contributed by atoms with Gasteiger partial charge in [-0.05, 0) is 24.1 Å². The van der Waals surface area contributed by atoms with Crippen molar-refractivity contribution >= 4 is 11.9 Å². The van der Waals surface area contributed by atoms with Crippen molar-refractivity contribution in [3.63, 3.8) is 0 Å². The number of carbonyl (C=O) groups is 2. The van der Waals surface area contributed by atoms with Crippen LogP contribution >= 0.6 is 0 Å². The maximum Gasteiger partial charge on any atom is 0.326 e. The van der Waals surface area contributed by atoms with Crippen molar-refractivity contribution in [2.75, 3.05) is 7.11 Å². The van der Waals surface area contributed by atoms with Crippen LogP contribution in [0.2, 0.25) is 0 Å². The van der Waals surface area contributed by atoms with E-state index in [4.69, 9.17) is 9.84 Å². The molecule has 1 amide bonds. The number of carbonyl (C=O) groups excluding carboxylic acids is 1. The Labute approximate surface area is 111 Å². The van der Waals surface area contributed by atoms with Crippen LogP contribution in [0.15, 0.2) is 18.2 Å². The summed E-state index contributed by atoms with van der Waals surface area (Å²) < 4.78 is 4.86. The van der Waals surface area contributed by atoms with Gasteiger partial charge >= 0.3 is 5.97 Å². The zero-order valence-electron chi connectivity index (χ0n) is 11.0. The molecule has 3 N–H and O–H groups in total. The van der Waals surface area contributed by atoms with Gasteiger partial charge < -0.3 is 20.3 Å². The number of amides is 1. The fraction of sp³-hybridized carbons (Fsp3) is 0.385. The Morgan fingerprint density at radius 2 is 1.95 bits per heavy atom. The minimum Gasteiger partial charge on any atom is -0.504 e. The van der Waals surface area contributed by atoms with Crippen LogP contribution in [0.1, 0.15) is 24.2 Å². The minimum atomic E-state index is -1.10. The van der Waals surface area contributed by atoms with Crippen LogP contribution in [-0.2, 0) is 4.79 Å². The number of rotatable bonds is 5. The van der Waals surface area contributed by atoms with Gasteiger partial charge in [0.15, 0.2) is 11.5 Å². The highest BCUT2D eigenvalue weighted by atomic mass is 16.5. The first kappa shape index (κ1) is 14.8. The van der Waals surface area contributed by atoms with Crippen molar-refractivity contribution < 1.29 is 24.5 Å². The summed E-state index contributed by atoms with van der Waals surface area (Å²) >= 11 is 0. The molecule has 6 nitrogen and oxygen atoms in total. The lowest BCUT2D eigenvalue weighted by Gasteiger charge is -2.18. The second kappa shape index (κ2) is 6.08. The topological polar surface area (TPSA) is 95.9 Å². The largest absolute Gasteiger partial charge is 0.504 e. The van der Waals surface area contributed by atoms with Gasteiger partial charge in [-0.2, -0.15) is 0 Å². The first-order valence-electron chi connectivity index (χ1n) is 5.77. The van der Waals surface area contributed by atoms with Crippen molar-refractivity contribution in [3.05, 3.63) is 23.8 Å². The Hall–Kier alpha value is -2.24. The molecule has 0 aliphatic heterocycles. The second-order valence-corrected chi connectivity index (χ2v) is 4.42. The fourth-order valence-electron chi connectivity index (χ4n) is 1.57. The maximum atomic E-state index is 11.9. The van der Waals surface area contributed by atoms with Gasteiger partial charge in [0, 0.05) is 5.56 Å². The lowest BCUT2D eigenvalue weighted by molar-refractivity contribution is -0.140. The average Bonchev–Trinajstić information content (AvgIpc) is 2.34. The van der Waals surface area contributed by atoms with Gasteiger partial charge in [0.1, 0.15) is 6.04 Å². The summed E-state index contributed by atoms with van der Waals surface area (Å²) in [4.78, 5) is 22.9. The predicted octanol–water partition coefficient (Wildman–Crippen LogP) is 1.24. The lowest BCUT2D eigenvalue weighted by Crippen LogP contribution is -2.44. The Balaban J connectivity index is 2.89. The van der Waals surface area contributed by atoms with Gasteiger partial charge in [-0.1, -0.05) is 13.8 Å². The zero-order valence-corrected chi connectivity index (χ0v) is 11.0. The van der Waals surface area contributed by atoms with Gasteiger partial charge in [0.25, 0.3) is 5.91 Å². The number of phenolic OH excluding ortho intramolecular Hbond substituents is 1. The zero-order chi connectivity index (χ0) is 14.6. The van der Waals surface area contributed by atoms with E-state index >= 15 is 0 Å². The van der Waals surface area contributed by atoms with E-state index in [0.717, 1.165) is 0 Å². The normalized spacial score (nSPS) is 12.0. The van der Waals surface area contributed by atoms with Crippen molar-refractivity contribution in [2.45, 2.75) is 19.9 Å². The molecule has 0 aromatic heterocycles. The first-order chi connectivity index (χ1) is 8.86. The van der Waals surface area contributed by atoms with Gasteiger partial charge in [-0.15, -0.1) is 0 Å². The van der Waals surface area contributed by atoms with E-state index in [-0.39, 0.29) is 23.0 Å². The van der Waals surface area contributed by atoms with E-state index in [0.29, 0.717) is 0 Å². The summed E-state index contributed by atoms with van der Waals surface area (Å²) in [6.45, 7) is 3.40. The van der Waals surface area contributed by atoms with E-state index in [2.05, 4.69) is 5.32 Å². The summed E-state index contributed by atoms with van der Waals surface area (Å²) in [5, 5.41) is 21.0. The highest BCUT2D eigenvalue weighted by molar-refractivity contribution is 5.97. The molecular formula is C13H17NO5. The molecule has 1 atom stereocenters. The number of hydrogen-bond acceptors (Lipinski definition) is 4. The van der Waals surface area contributed by atoms with Crippen LogP contribution in [0.4, 0.5) is 0 Å². The van der Waals surface area contributed by atoms with Crippen LogP contribution in [0.3, 0.4) is 0 Å². The van der Waals surface area contributed by atoms with Gasteiger partial charge in [0.05, 0.1) is 7.11 Å². The number of ether oxygens (including phenoxy) is 1. The number of nitrogens with one attached hydrogen (secondary N) is 1. The predicted molar refractivity (Wildman–Crippen MR) is 68.4 cm³/mol. The summed E-state index contributed by atoms with van der Waals surface area (Å²) in [5.41, 5.74) is 0.171. The highest BCUT2D eigenvalue weighted by Crippen LogP contribution is 2.26. The quantitative estimate of drug-likeness (QED) is 0.746. The molecule has 0 aliphatic rings. The molecule has 0 aliphatic carbocycles. The molecule has 0 unspecified atom stereocenters. The van der Waals surface area contributed by atoms with Crippen molar-refractivity contribution in [2.24, 2.45) is 5.92 Å². The molecule has 0 saturated carbocycles. The Bertz CT molecular complexity index is 484. The van der Waals surface area contributed by atoms with Crippen molar-refractivity contribution in [1.29, 1.82) is 0 Å². The number of phenols is 1. The van der Waals surface area contributed by atoms with Crippen LogP contribution in [-0.4, -0.2) is 35.2 Å². The average molecular weight is 267 g/mol. The van der Waals surface area contributed by atoms with Crippen molar-refractivity contribution in [3.8, 4) is 11.5 Å². The van der Waals surface area contributed by atoms with Crippen LogP contribution < -0.4 is 10.1 Å². The minimum absolute atomic E-state index is 0.171. The van der Waals surface area contributed by atoms with Crippen LogP contribution in [0.25, 0.3) is 0 Å². The molecule has 0 saturated heterocycles. The van der Waals surface area contributed by atoms with E-state index in [1.807, 2.05) is 0 Å². The number of methoxy groups -OCH3 is 1. The molecule has 104 valence electrons. The van der Waals surface area contributed by atoms with Gasteiger partial charge in [-0.3, -0.25) is 4.79 Å². The van der Waals surface area contributed by atoms with Crippen LogP contribution in [0, 0.1) is 5.92 Å². The molecule has 1 rings (SSSR count). The monoisotopic (exact) mass is 267 g/mol. The molecule has 0 bridgehead atoms. The summed E-state index contributed by atoms with van der Waals surface area (Å²) in [6, 6.07) is 3.15. The third-order valence-corrected chi connectivity index (χ3v) is 2.66. The molecule has 1 aromatic rings. The Morgan fingerprint density at radius 3 is 2.37 bits per heavy atom. The SMILES string of the molecule is COc1ccc(C(=O)N[C@@H](C(=O)O)C(C)C)cc1O. The molecule has 1 aromatic carbocycles. The lowest BCUT2D eigenvalue weighted by atomic mass is 10.0. The van der Waals surface area contributed by atoms with Crippen LogP contribution in [0.5, 0.6) is 11.5 Å². The summed E-state index contributed by atoms with van der Waals surface area (Å²) in [7, 11) is 1.40. The number of hydrogen-bond donors (Lipinski definition) is 3. The summed E-state index contributed by atoms with van der Waals surface area (Å²) in [6.07, 6.45) is 0. The van der Waals surface area contributed by atoms with Gasteiger partial charge in [0.2, 0.25) is 0 Å². The smallest absolute Gasteiger partial charge is 0.326 e. The highest BCUT2D eigenvalue weighted by Gasteiger charge is 2.24. The molecule has 0 radical (unpaired) electrons. The van der Waals surface area contributed by atoms with E-state index in [1.165, 1.54) is 25.3 Å². The Morgan fingerprint density at radius 1 is 1.32 bits per heavy atom. The van der Waals surface area contributed by atoms with Crippen molar-refractivity contribution in [1.82, 2.24) is 5.32 Å². The van der Waals surface area contributed by atoms with E-state index in [1.54, 1.807) is 13.8 Å². The molecular weight excluding hydrogens is 250 g/mol. The number of aromatic hydroxyl groups is 1. The fourth-order valence-corrected chi connectivity index (χ4v) is 1.57. The molecule has 0 fully saturated rings. The number of carboxylic acid groups (broad SMARTS) is 1. The van der Waals surface area contributed by atoms with Gasteiger partial charge in [-0.25, -0.2) is 4.79 Å². The standard InChI is InChI=1S/C13H17NO5/c1-7(2)11(13(17)18)14-12(16)8-4-5-10(19-3)9(15)6-8/h4-7,11,15H,1-3H3,(H,14,16)(H,17,18)/t11-/m1/s1.